The molecule has 1 atom stereocenters. The highest BCUT2D eigenvalue weighted by atomic mass is 16.1. The number of aromatic amines is 1. The van der Waals surface area contributed by atoms with E-state index in [0.717, 1.165) is 18.5 Å². The highest BCUT2D eigenvalue weighted by Crippen LogP contribution is 2.15. The summed E-state index contributed by atoms with van der Waals surface area (Å²) in [4.78, 5) is 13.9. The minimum atomic E-state index is -0.000278. The first-order valence-corrected chi connectivity index (χ1v) is 5.28. The van der Waals surface area contributed by atoms with Gasteiger partial charge in [0.05, 0.1) is 0 Å². The SMILES string of the molecule is CC(C)C(C)CCc1cccc(=O)[nH]1. The van der Waals surface area contributed by atoms with Gasteiger partial charge in [0, 0.05) is 11.8 Å². The fraction of sp³-hybridized carbons (Fsp3) is 0.583. The Kier molecular flexibility index (Phi) is 3.93. The van der Waals surface area contributed by atoms with E-state index in [9.17, 15) is 4.79 Å². The molecule has 1 N–H and O–H groups in total. The van der Waals surface area contributed by atoms with Crippen LogP contribution >= 0.6 is 0 Å². The average molecular weight is 193 g/mol. The molecule has 0 aliphatic carbocycles. The summed E-state index contributed by atoms with van der Waals surface area (Å²) in [6.45, 7) is 6.72. The molecule has 1 unspecified atom stereocenters. The zero-order chi connectivity index (χ0) is 10.6. The molecule has 0 aromatic carbocycles. The highest BCUT2D eigenvalue weighted by Gasteiger charge is 2.06. The Morgan fingerprint density at radius 1 is 1.29 bits per heavy atom. The summed E-state index contributed by atoms with van der Waals surface area (Å²) >= 11 is 0. The van der Waals surface area contributed by atoms with Crippen molar-refractivity contribution in [3.05, 3.63) is 34.2 Å². The second kappa shape index (κ2) is 4.99. The molecule has 14 heavy (non-hydrogen) atoms. The van der Waals surface area contributed by atoms with Gasteiger partial charge in [-0.3, -0.25) is 4.79 Å². The third-order valence-electron chi connectivity index (χ3n) is 2.84. The minimum absolute atomic E-state index is 0.000278. The summed E-state index contributed by atoms with van der Waals surface area (Å²) in [5.41, 5.74) is 1.05. The Labute approximate surface area is 85.4 Å². The average Bonchev–Trinajstić information content (AvgIpc) is 2.14. The van der Waals surface area contributed by atoms with Crippen molar-refractivity contribution in [1.29, 1.82) is 0 Å². The van der Waals surface area contributed by atoms with Crippen molar-refractivity contribution in [3.8, 4) is 0 Å². The van der Waals surface area contributed by atoms with Crippen LogP contribution < -0.4 is 5.56 Å². The summed E-state index contributed by atoms with van der Waals surface area (Å²) in [7, 11) is 0. The molecule has 0 saturated heterocycles. The number of nitrogens with one attached hydrogen (secondary N) is 1. The fourth-order valence-electron chi connectivity index (χ4n) is 1.36. The summed E-state index contributed by atoms with van der Waals surface area (Å²) in [6.07, 6.45) is 2.10. The lowest BCUT2D eigenvalue weighted by molar-refractivity contribution is 0.391. The van der Waals surface area contributed by atoms with Crippen LogP contribution in [0.5, 0.6) is 0 Å². The van der Waals surface area contributed by atoms with Gasteiger partial charge in [-0.15, -0.1) is 0 Å². The number of aromatic nitrogens is 1. The third-order valence-corrected chi connectivity index (χ3v) is 2.84. The molecule has 0 saturated carbocycles. The van der Waals surface area contributed by atoms with Gasteiger partial charge in [0.2, 0.25) is 5.56 Å². The second-order valence-corrected chi connectivity index (χ2v) is 4.30. The van der Waals surface area contributed by atoms with Gasteiger partial charge in [-0.2, -0.15) is 0 Å². The van der Waals surface area contributed by atoms with E-state index in [1.165, 1.54) is 0 Å². The molecule has 0 amide bonds. The zero-order valence-electron chi connectivity index (χ0n) is 9.21. The third kappa shape index (κ3) is 3.36. The van der Waals surface area contributed by atoms with Gasteiger partial charge in [-0.05, 0) is 30.7 Å². The Bertz CT molecular complexity index is 327. The molecule has 78 valence electrons. The van der Waals surface area contributed by atoms with Gasteiger partial charge < -0.3 is 4.98 Å². The van der Waals surface area contributed by atoms with E-state index < -0.39 is 0 Å². The van der Waals surface area contributed by atoms with Crippen molar-refractivity contribution in [3.63, 3.8) is 0 Å². The van der Waals surface area contributed by atoms with Crippen molar-refractivity contribution in [2.24, 2.45) is 11.8 Å². The maximum atomic E-state index is 11.0. The maximum absolute atomic E-state index is 11.0. The first kappa shape index (κ1) is 11.0. The molecule has 1 heterocycles. The van der Waals surface area contributed by atoms with Crippen LogP contribution in [0.4, 0.5) is 0 Å². The molecule has 0 spiro atoms. The van der Waals surface area contributed by atoms with Gasteiger partial charge in [0.15, 0.2) is 0 Å². The molecule has 0 aliphatic heterocycles. The second-order valence-electron chi connectivity index (χ2n) is 4.30. The van der Waals surface area contributed by atoms with Crippen LogP contribution in [0.25, 0.3) is 0 Å². The largest absolute Gasteiger partial charge is 0.326 e. The first-order valence-electron chi connectivity index (χ1n) is 5.28. The Balaban J connectivity index is 2.50. The standard InChI is InChI=1S/C12H19NO/c1-9(2)10(3)7-8-11-5-4-6-12(14)13-11/h4-6,9-10H,7-8H2,1-3H3,(H,13,14). The number of H-pyrrole nitrogens is 1. The van der Waals surface area contributed by atoms with Crippen LogP contribution in [0.1, 0.15) is 32.9 Å². The molecule has 1 aromatic heterocycles. The predicted molar refractivity (Wildman–Crippen MR) is 59.4 cm³/mol. The van der Waals surface area contributed by atoms with Crippen molar-refractivity contribution in [2.75, 3.05) is 0 Å². The lowest BCUT2D eigenvalue weighted by Crippen LogP contribution is -2.09. The monoisotopic (exact) mass is 193 g/mol. The van der Waals surface area contributed by atoms with Crippen LogP contribution in [-0.4, -0.2) is 4.98 Å². The van der Waals surface area contributed by atoms with E-state index in [1.54, 1.807) is 6.07 Å². The number of rotatable bonds is 4. The van der Waals surface area contributed by atoms with Crippen LogP contribution in [-0.2, 0) is 6.42 Å². The molecular weight excluding hydrogens is 174 g/mol. The van der Waals surface area contributed by atoms with Crippen molar-refractivity contribution in [1.82, 2.24) is 4.98 Å². The highest BCUT2D eigenvalue weighted by molar-refractivity contribution is 5.03. The zero-order valence-corrected chi connectivity index (χ0v) is 9.21. The van der Waals surface area contributed by atoms with Crippen LogP contribution in [0.3, 0.4) is 0 Å². The summed E-state index contributed by atoms with van der Waals surface area (Å²) in [6, 6.07) is 5.35. The lowest BCUT2D eigenvalue weighted by atomic mass is 9.92. The Morgan fingerprint density at radius 3 is 2.57 bits per heavy atom. The van der Waals surface area contributed by atoms with Gasteiger partial charge in [-0.25, -0.2) is 0 Å². The molecule has 0 bridgehead atoms. The molecule has 1 aromatic rings. The fourth-order valence-corrected chi connectivity index (χ4v) is 1.36. The van der Waals surface area contributed by atoms with E-state index in [-0.39, 0.29) is 5.56 Å². The van der Waals surface area contributed by atoms with Crippen molar-refractivity contribution < 1.29 is 0 Å². The molecule has 0 fully saturated rings. The van der Waals surface area contributed by atoms with Gasteiger partial charge >= 0.3 is 0 Å². The number of hydrogen-bond acceptors (Lipinski definition) is 1. The van der Waals surface area contributed by atoms with Crippen LogP contribution in [0, 0.1) is 11.8 Å². The summed E-state index contributed by atoms with van der Waals surface area (Å²) in [5.74, 6) is 1.42. The normalized spacial score (nSPS) is 13.1. The van der Waals surface area contributed by atoms with Crippen LogP contribution in [0.15, 0.2) is 23.0 Å². The summed E-state index contributed by atoms with van der Waals surface area (Å²) < 4.78 is 0. The molecule has 2 heteroatoms. The smallest absolute Gasteiger partial charge is 0.248 e. The van der Waals surface area contributed by atoms with Crippen molar-refractivity contribution in [2.45, 2.75) is 33.6 Å². The van der Waals surface area contributed by atoms with E-state index in [2.05, 4.69) is 25.8 Å². The molecule has 1 rings (SSSR count). The van der Waals surface area contributed by atoms with E-state index in [4.69, 9.17) is 0 Å². The van der Waals surface area contributed by atoms with Crippen LogP contribution in [0.2, 0.25) is 0 Å². The minimum Gasteiger partial charge on any atom is -0.326 e. The summed E-state index contributed by atoms with van der Waals surface area (Å²) in [5, 5.41) is 0. The molecule has 0 aliphatic rings. The lowest BCUT2D eigenvalue weighted by Gasteiger charge is -2.14. The Morgan fingerprint density at radius 2 is 2.00 bits per heavy atom. The van der Waals surface area contributed by atoms with Gasteiger partial charge in [0.1, 0.15) is 0 Å². The number of pyridine rings is 1. The first-order chi connectivity index (χ1) is 6.59. The predicted octanol–water partition coefficient (Wildman–Crippen LogP) is 2.60. The van der Waals surface area contributed by atoms with Gasteiger partial charge in [-0.1, -0.05) is 26.8 Å². The van der Waals surface area contributed by atoms with Gasteiger partial charge in [0.25, 0.3) is 0 Å². The molecule has 0 radical (unpaired) electrons. The topological polar surface area (TPSA) is 32.9 Å². The van der Waals surface area contributed by atoms with E-state index in [1.807, 2.05) is 12.1 Å². The van der Waals surface area contributed by atoms with E-state index >= 15 is 0 Å². The number of hydrogen-bond donors (Lipinski definition) is 1. The molecular formula is C12H19NO. The van der Waals surface area contributed by atoms with E-state index in [0.29, 0.717) is 11.8 Å². The Hall–Kier alpha value is -1.05. The number of aryl methyl sites for hydroxylation is 1. The molecule has 2 nitrogen and oxygen atoms in total. The van der Waals surface area contributed by atoms with Crippen molar-refractivity contribution >= 4 is 0 Å². The maximum Gasteiger partial charge on any atom is 0.248 e. The quantitative estimate of drug-likeness (QED) is 0.783.